The molecular weight excluding hydrogens is 398 g/mol. The van der Waals surface area contributed by atoms with Crippen molar-refractivity contribution >= 4 is 17.2 Å². The number of nitrogens with zero attached hydrogens (tertiary/aromatic N) is 6. The highest BCUT2D eigenvalue weighted by Gasteiger charge is 2.16. The summed E-state index contributed by atoms with van der Waals surface area (Å²) in [6, 6.07) is 8.95. The van der Waals surface area contributed by atoms with Gasteiger partial charge in [-0.15, -0.1) is 15.3 Å². The maximum Gasteiger partial charge on any atom is 0.224 e. The summed E-state index contributed by atoms with van der Waals surface area (Å²) in [6.07, 6.45) is 2.43. The van der Waals surface area contributed by atoms with Crippen LogP contribution in [0.15, 0.2) is 36.7 Å². The Kier molecular flexibility index (Phi) is 5.52. The van der Waals surface area contributed by atoms with E-state index in [-0.39, 0.29) is 5.91 Å². The van der Waals surface area contributed by atoms with Crippen LogP contribution in [0.3, 0.4) is 0 Å². The number of rotatable bonds is 7. The fraction of sp³-hybridized carbons (Fsp3) is 0.286. The number of carbonyl (C=O) groups is 1. The molecule has 0 spiro atoms. The zero-order valence-electron chi connectivity index (χ0n) is 17.8. The van der Waals surface area contributed by atoms with Crippen molar-refractivity contribution < 1.29 is 14.3 Å². The van der Waals surface area contributed by atoms with Crippen molar-refractivity contribution in [3.8, 4) is 17.3 Å². The van der Waals surface area contributed by atoms with Gasteiger partial charge in [0.15, 0.2) is 23.0 Å². The smallest absolute Gasteiger partial charge is 0.224 e. The molecule has 3 heterocycles. The van der Waals surface area contributed by atoms with Crippen molar-refractivity contribution in [2.45, 2.75) is 26.7 Å². The number of aryl methyl sites for hydroxylation is 1. The molecule has 0 saturated heterocycles. The van der Waals surface area contributed by atoms with Crippen molar-refractivity contribution in [1.82, 2.24) is 29.6 Å². The number of anilines is 1. The average molecular weight is 421 g/mol. The maximum atomic E-state index is 12.5. The summed E-state index contributed by atoms with van der Waals surface area (Å²) in [5.41, 5.74) is 4.14. The van der Waals surface area contributed by atoms with Crippen LogP contribution in [-0.4, -0.2) is 49.7 Å². The summed E-state index contributed by atoms with van der Waals surface area (Å²) in [5, 5.41) is 19.8. The number of fused-ring (bicyclic) bond motifs is 1. The van der Waals surface area contributed by atoms with Crippen molar-refractivity contribution in [2.75, 3.05) is 19.5 Å². The van der Waals surface area contributed by atoms with Crippen LogP contribution in [0.4, 0.5) is 5.69 Å². The summed E-state index contributed by atoms with van der Waals surface area (Å²) in [4.78, 5) is 12.5. The minimum atomic E-state index is -0.0946. The molecule has 0 unspecified atom stereocenters. The first-order chi connectivity index (χ1) is 15.0. The van der Waals surface area contributed by atoms with Crippen molar-refractivity contribution in [3.63, 3.8) is 0 Å². The van der Waals surface area contributed by atoms with E-state index in [2.05, 4.69) is 25.7 Å². The number of aromatic nitrogens is 6. The Morgan fingerprint density at radius 3 is 2.65 bits per heavy atom. The molecule has 10 heteroatoms. The SMILES string of the molecule is COc1ccc(NC(=O)CCc2c(C)nn(-c3ccc4nncn4n3)c2C)cc1OC. The van der Waals surface area contributed by atoms with E-state index in [1.807, 2.05) is 26.0 Å². The van der Waals surface area contributed by atoms with E-state index in [1.54, 1.807) is 47.9 Å². The van der Waals surface area contributed by atoms with Gasteiger partial charge in [0.05, 0.1) is 19.9 Å². The van der Waals surface area contributed by atoms with Gasteiger partial charge in [-0.25, -0.2) is 4.68 Å². The van der Waals surface area contributed by atoms with Crippen molar-refractivity contribution in [3.05, 3.63) is 53.6 Å². The van der Waals surface area contributed by atoms with E-state index in [0.29, 0.717) is 41.5 Å². The Balaban J connectivity index is 1.47. The van der Waals surface area contributed by atoms with Crippen LogP contribution in [0.25, 0.3) is 11.5 Å². The molecule has 0 fully saturated rings. The molecule has 31 heavy (non-hydrogen) atoms. The quantitative estimate of drug-likeness (QED) is 0.488. The van der Waals surface area contributed by atoms with Crippen LogP contribution in [-0.2, 0) is 11.2 Å². The summed E-state index contributed by atoms with van der Waals surface area (Å²) >= 11 is 0. The molecule has 0 aliphatic carbocycles. The largest absolute Gasteiger partial charge is 0.493 e. The van der Waals surface area contributed by atoms with E-state index in [1.165, 1.54) is 0 Å². The molecule has 10 nitrogen and oxygen atoms in total. The predicted molar refractivity (Wildman–Crippen MR) is 114 cm³/mol. The molecule has 4 aromatic rings. The maximum absolute atomic E-state index is 12.5. The molecule has 3 aromatic heterocycles. The fourth-order valence-electron chi connectivity index (χ4n) is 3.47. The first-order valence-corrected chi connectivity index (χ1v) is 9.74. The third-order valence-electron chi connectivity index (χ3n) is 5.08. The zero-order valence-corrected chi connectivity index (χ0v) is 17.8. The molecule has 0 atom stereocenters. The second-order valence-corrected chi connectivity index (χ2v) is 7.00. The van der Waals surface area contributed by atoms with Crippen LogP contribution in [0.2, 0.25) is 0 Å². The molecule has 4 rings (SSSR count). The Labute approximate surface area is 178 Å². The third kappa shape index (κ3) is 4.04. The van der Waals surface area contributed by atoms with E-state index in [9.17, 15) is 4.79 Å². The first-order valence-electron chi connectivity index (χ1n) is 9.74. The fourth-order valence-corrected chi connectivity index (χ4v) is 3.47. The minimum absolute atomic E-state index is 0.0946. The van der Waals surface area contributed by atoms with Gasteiger partial charge in [-0.2, -0.15) is 9.61 Å². The molecule has 0 saturated carbocycles. The molecule has 0 aliphatic rings. The highest BCUT2D eigenvalue weighted by Crippen LogP contribution is 2.29. The lowest BCUT2D eigenvalue weighted by Crippen LogP contribution is -2.13. The lowest BCUT2D eigenvalue weighted by atomic mass is 10.1. The van der Waals surface area contributed by atoms with Gasteiger partial charge in [-0.3, -0.25) is 4.79 Å². The minimum Gasteiger partial charge on any atom is -0.493 e. The normalized spacial score (nSPS) is 11.0. The lowest BCUT2D eigenvalue weighted by Gasteiger charge is -2.10. The van der Waals surface area contributed by atoms with E-state index >= 15 is 0 Å². The topological polar surface area (TPSA) is 108 Å². The van der Waals surface area contributed by atoms with Crippen LogP contribution in [0.1, 0.15) is 23.4 Å². The summed E-state index contributed by atoms with van der Waals surface area (Å²) in [7, 11) is 3.13. The van der Waals surface area contributed by atoms with Gasteiger partial charge in [-0.05, 0) is 50.1 Å². The molecular formula is C21H23N7O3. The summed E-state index contributed by atoms with van der Waals surface area (Å²) in [5.74, 6) is 1.74. The number of carbonyl (C=O) groups excluding carboxylic acids is 1. The van der Waals surface area contributed by atoms with E-state index in [4.69, 9.17) is 9.47 Å². The van der Waals surface area contributed by atoms with Crippen LogP contribution >= 0.6 is 0 Å². The summed E-state index contributed by atoms with van der Waals surface area (Å²) in [6.45, 7) is 3.90. The van der Waals surface area contributed by atoms with Crippen LogP contribution in [0.5, 0.6) is 11.5 Å². The second kappa shape index (κ2) is 8.42. The van der Waals surface area contributed by atoms with E-state index < -0.39 is 0 Å². The van der Waals surface area contributed by atoms with Crippen LogP contribution < -0.4 is 14.8 Å². The number of hydrogen-bond donors (Lipinski definition) is 1. The number of hydrogen-bond acceptors (Lipinski definition) is 7. The lowest BCUT2D eigenvalue weighted by molar-refractivity contribution is -0.116. The monoisotopic (exact) mass is 421 g/mol. The molecule has 1 N–H and O–H groups in total. The van der Waals surface area contributed by atoms with Gasteiger partial charge in [0.2, 0.25) is 5.91 Å². The first kappa shape index (κ1) is 20.3. The second-order valence-electron chi connectivity index (χ2n) is 7.00. The van der Waals surface area contributed by atoms with Gasteiger partial charge in [-0.1, -0.05) is 0 Å². The molecule has 0 radical (unpaired) electrons. The Morgan fingerprint density at radius 1 is 1.06 bits per heavy atom. The van der Waals surface area contributed by atoms with Crippen LogP contribution in [0, 0.1) is 13.8 Å². The molecule has 0 bridgehead atoms. The van der Waals surface area contributed by atoms with Gasteiger partial charge < -0.3 is 14.8 Å². The Bertz CT molecular complexity index is 1250. The van der Waals surface area contributed by atoms with Gasteiger partial charge in [0.1, 0.15) is 6.33 Å². The predicted octanol–water partition coefficient (Wildman–Crippen LogP) is 2.52. The van der Waals surface area contributed by atoms with Crippen molar-refractivity contribution in [2.24, 2.45) is 0 Å². The van der Waals surface area contributed by atoms with Gasteiger partial charge in [0.25, 0.3) is 0 Å². The van der Waals surface area contributed by atoms with E-state index in [0.717, 1.165) is 17.0 Å². The van der Waals surface area contributed by atoms with Crippen molar-refractivity contribution in [1.29, 1.82) is 0 Å². The van der Waals surface area contributed by atoms with Gasteiger partial charge >= 0.3 is 0 Å². The zero-order chi connectivity index (χ0) is 22.0. The van der Waals surface area contributed by atoms with Gasteiger partial charge in [0, 0.05) is 23.9 Å². The number of amides is 1. The average Bonchev–Trinajstić information content (AvgIpc) is 3.35. The third-order valence-corrected chi connectivity index (χ3v) is 5.08. The molecule has 0 aliphatic heterocycles. The summed E-state index contributed by atoms with van der Waals surface area (Å²) < 4.78 is 13.9. The molecule has 1 amide bonds. The molecule has 160 valence electrons. The number of ether oxygens (including phenoxy) is 2. The number of methoxy groups -OCH3 is 2. The highest BCUT2D eigenvalue weighted by molar-refractivity contribution is 5.91. The molecule has 1 aromatic carbocycles. The Morgan fingerprint density at radius 2 is 1.87 bits per heavy atom. The number of nitrogens with one attached hydrogen (secondary N) is 1. The Hall–Kier alpha value is -3.95. The standard InChI is InChI=1S/C21H23N7O3/c1-13-16(6-10-21(29)23-15-5-7-17(30-3)18(11-15)31-4)14(2)28(25-13)20-9-8-19-24-22-12-27(19)26-20/h5,7-9,11-12H,6,10H2,1-4H3,(H,23,29). The highest BCUT2D eigenvalue weighted by atomic mass is 16.5. The number of benzene rings is 1.